The lowest BCUT2D eigenvalue weighted by atomic mass is 9.72. The summed E-state index contributed by atoms with van der Waals surface area (Å²) >= 11 is 0. The summed E-state index contributed by atoms with van der Waals surface area (Å²) in [5.74, 6) is 0. The molecule has 0 heterocycles. The van der Waals surface area contributed by atoms with Crippen molar-refractivity contribution in [2.75, 3.05) is 12.4 Å². The van der Waals surface area contributed by atoms with E-state index in [0.29, 0.717) is 0 Å². The fourth-order valence-electron chi connectivity index (χ4n) is 3.68. The van der Waals surface area contributed by atoms with Gasteiger partial charge in [0.2, 0.25) is 0 Å². The Morgan fingerprint density at radius 1 is 0.917 bits per heavy atom. The molecule has 1 heteroatoms. The lowest BCUT2D eigenvalue weighted by Crippen LogP contribution is -2.25. The summed E-state index contributed by atoms with van der Waals surface area (Å²) in [5, 5.41) is 6.10. The van der Waals surface area contributed by atoms with E-state index in [4.69, 9.17) is 0 Å². The lowest BCUT2D eigenvalue weighted by Gasteiger charge is -2.33. The van der Waals surface area contributed by atoms with Crippen LogP contribution < -0.4 is 5.32 Å². The van der Waals surface area contributed by atoms with Crippen molar-refractivity contribution in [2.45, 2.75) is 39.0 Å². The molecule has 0 aliphatic heterocycles. The second-order valence-electron chi connectivity index (χ2n) is 7.04. The van der Waals surface area contributed by atoms with Crippen molar-refractivity contribution in [3.63, 3.8) is 0 Å². The summed E-state index contributed by atoms with van der Waals surface area (Å²) < 4.78 is 0. The van der Waals surface area contributed by atoms with Gasteiger partial charge in [0.05, 0.1) is 0 Å². The van der Waals surface area contributed by atoms with Gasteiger partial charge in [-0.2, -0.15) is 0 Å². The Morgan fingerprint density at radius 3 is 2.29 bits per heavy atom. The fourth-order valence-corrected chi connectivity index (χ4v) is 3.68. The quantitative estimate of drug-likeness (QED) is 0.599. The highest BCUT2D eigenvalue weighted by Crippen LogP contribution is 2.40. The highest BCUT2D eigenvalue weighted by atomic mass is 14.8. The Bertz CT molecular complexity index is 832. The number of rotatable bonds is 5. The summed E-state index contributed by atoms with van der Waals surface area (Å²) in [6, 6.07) is 22.1. The maximum Gasteiger partial charge on any atom is 0.0382 e. The molecule has 0 saturated heterocycles. The molecule has 1 nitrogen and oxygen atoms in total. The van der Waals surface area contributed by atoms with Gasteiger partial charge in [-0.1, -0.05) is 74.0 Å². The van der Waals surface area contributed by atoms with Crippen LogP contribution in [0.15, 0.2) is 60.7 Å². The average molecular weight is 317 g/mol. The summed E-state index contributed by atoms with van der Waals surface area (Å²) in [6.07, 6.45) is 2.15. The molecule has 124 valence electrons. The summed E-state index contributed by atoms with van der Waals surface area (Å²) in [6.45, 7) is 6.84. The Labute approximate surface area is 145 Å². The number of fused-ring (bicyclic) bond motifs is 1. The summed E-state index contributed by atoms with van der Waals surface area (Å²) in [4.78, 5) is 0. The van der Waals surface area contributed by atoms with Crippen molar-refractivity contribution < 1.29 is 0 Å². The van der Waals surface area contributed by atoms with Crippen molar-refractivity contribution in [3.8, 4) is 0 Å². The number of nitrogens with one attached hydrogen (secondary N) is 1. The molecular weight excluding hydrogens is 290 g/mol. The zero-order chi connectivity index (χ0) is 17.2. The molecule has 0 bridgehead atoms. The van der Waals surface area contributed by atoms with Crippen molar-refractivity contribution in [1.82, 2.24) is 0 Å². The fraction of sp³-hybridized carbons (Fsp3) is 0.304. The van der Waals surface area contributed by atoms with E-state index in [-0.39, 0.29) is 5.41 Å². The van der Waals surface area contributed by atoms with Gasteiger partial charge in [0.15, 0.2) is 0 Å². The second kappa shape index (κ2) is 6.68. The highest BCUT2D eigenvalue weighted by Gasteiger charge is 2.29. The Balaban J connectivity index is 2.15. The summed E-state index contributed by atoms with van der Waals surface area (Å²) in [7, 11) is 2.02. The van der Waals surface area contributed by atoms with Gasteiger partial charge in [0.25, 0.3) is 0 Å². The Hall–Kier alpha value is -2.28. The van der Waals surface area contributed by atoms with E-state index in [1.807, 2.05) is 7.05 Å². The molecule has 24 heavy (non-hydrogen) atoms. The Kier molecular flexibility index (Phi) is 4.62. The van der Waals surface area contributed by atoms with Gasteiger partial charge in [-0.05, 0) is 53.1 Å². The van der Waals surface area contributed by atoms with Gasteiger partial charge in [0.1, 0.15) is 0 Å². The van der Waals surface area contributed by atoms with E-state index in [1.165, 1.54) is 33.2 Å². The van der Waals surface area contributed by atoms with E-state index in [9.17, 15) is 0 Å². The molecule has 0 aromatic heterocycles. The van der Waals surface area contributed by atoms with Crippen LogP contribution in [0.1, 0.15) is 37.0 Å². The predicted octanol–water partition coefficient (Wildman–Crippen LogP) is 6.10. The normalized spacial score (nSPS) is 13.7. The van der Waals surface area contributed by atoms with Crippen molar-refractivity contribution in [2.24, 2.45) is 0 Å². The van der Waals surface area contributed by atoms with Crippen LogP contribution in [0.4, 0.5) is 5.69 Å². The third-order valence-corrected chi connectivity index (χ3v) is 5.30. The highest BCUT2D eigenvalue weighted by molar-refractivity contribution is 5.91. The molecular formula is C23H27N. The first-order valence-corrected chi connectivity index (χ1v) is 8.83. The number of hydrogen-bond donors (Lipinski definition) is 1. The van der Waals surface area contributed by atoms with Crippen LogP contribution in [-0.4, -0.2) is 7.05 Å². The van der Waals surface area contributed by atoms with Gasteiger partial charge in [-0.15, -0.1) is 0 Å². The van der Waals surface area contributed by atoms with Crippen LogP contribution in [0.3, 0.4) is 0 Å². The van der Waals surface area contributed by atoms with Crippen LogP contribution in [0.2, 0.25) is 0 Å². The third kappa shape index (κ3) is 3.03. The lowest BCUT2D eigenvalue weighted by molar-refractivity contribution is 0.457. The predicted molar refractivity (Wildman–Crippen MR) is 106 cm³/mol. The molecule has 3 aromatic carbocycles. The first kappa shape index (κ1) is 16.6. The molecule has 1 unspecified atom stereocenters. The molecule has 1 N–H and O–H groups in total. The van der Waals surface area contributed by atoms with Crippen LogP contribution in [0, 0.1) is 6.92 Å². The molecule has 0 aliphatic rings. The number of aryl methyl sites for hydroxylation is 1. The second-order valence-corrected chi connectivity index (χ2v) is 7.04. The molecule has 0 radical (unpaired) electrons. The van der Waals surface area contributed by atoms with E-state index in [2.05, 4.69) is 86.8 Å². The number of benzene rings is 3. The van der Waals surface area contributed by atoms with Gasteiger partial charge in [-0.25, -0.2) is 0 Å². The molecule has 1 atom stereocenters. The first-order chi connectivity index (χ1) is 11.6. The maximum atomic E-state index is 3.42. The van der Waals surface area contributed by atoms with Crippen LogP contribution in [0.5, 0.6) is 0 Å². The van der Waals surface area contributed by atoms with E-state index in [0.717, 1.165) is 12.8 Å². The average Bonchev–Trinajstić information content (AvgIpc) is 2.62. The van der Waals surface area contributed by atoms with Gasteiger partial charge in [-0.3, -0.25) is 0 Å². The minimum atomic E-state index is 0.0917. The Morgan fingerprint density at radius 2 is 1.62 bits per heavy atom. The van der Waals surface area contributed by atoms with Crippen molar-refractivity contribution in [1.29, 1.82) is 0 Å². The molecule has 0 fully saturated rings. The largest absolute Gasteiger partial charge is 0.388 e. The number of hydrogen-bond acceptors (Lipinski definition) is 1. The zero-order valence-corrected chi connectivity index (χ0v) is 15.2. The van der Waals surface area contributed by atoms with Gasteiger partial charge in [0, 0.05) is 12.7 Å². The molecule has 0 aliphatic carbocycles. The molecule has 3 rings (SSSR count). The minimum Gasteiger partial charge on any atom is -0.388 e. The molecule has 3 aromatic rings. The first-order valence-electron chi connectivity index (χ1n) is 8.83. The van der Waals surface area contributed by atoms with Gasteiger partial charge >= 0.3 is 0 Å². The SMILES string of the molecule is CCC(C)(Cc1ccc(C)cc1)c1c(NC)ccc2ccccc12. The smallest absolute Gasteiger partial charge is 0.0382 e. The van der Waals surface area contributed by atoms with Gasteiger partial charge < -0.3 is 5.32 Å². The topological polar surface area (TPSA) is 12.0 Å². The van der Waals surface area contributed by atoms with Crippen LogP contribution in [-0.2, 0) is 11.8 Å². The van der Waals surface area contributed by atoms with Crippen LogP contribution >= 0.6 is 0 Å². The van der Waals surface area contributed by atoms with Crippen molar-refractivity contribution >= 4 is 16.5 Å². The molecule has 0 spiro atoms. The van der Waals surface area contributed by atoms with Crippen LogP contribution in [0.25, 0.3) is 10.8 Å². The minimum absolute atomic E-state index is 0.0917. The van der Waals surface area contributed by atoms with E-state index in [1.54, 1.807) is 0 Å². The van der Waals surface area contributed by atoms with E-state index >= 15 is 0 Å². The molecule has 0 amide bonds. The third-order valence-electron chi connectivity index (χ3n) is 5.30. The summed E-state index contributed by atoms with van der Waals surface area (Å²) in [5.41, 5.74) is 5.49. The van der Waals surface area contributed by atoms with E-state index < -0.39 is 0 Å². The zero-order valence-electron chi connectivity index (χ0n) is 15.2. The standard InChI is InChI=1S/C23H27N/c1-5-23(3,16-18-12-10-17(2)11-13-18)22-20-9-7-6-8-19(20)14-15-21(22)24-4/h6-15,24H,5,16H2,1-4H3. The monoisotopic (exact) mass is 317 g/mol. The maximum absolute atomic E-state index is 3.42. The molecule has 0 saturated carbocycles. The van der Waals surface area contributed by atoms with Crippen molar-refractivity contribution in [3.05, 3.63) is 77.4 Å². The number of anilines is 1.